The molecule has 1 aliphatic carbocycles. The maximum absolute atomic E-state index is 12.3. The lowest BCUT2D eigenvalue weighted by Crippen LogP contribution is -2.19. The molecule has 2 aliphatic heterocycles. The number of methoxy groups -OCH3 is 1. The molecule has 0 radical (unpaired) electrons. The molecule has 122 valence electrons. The average molecular weight is 328 g/mol. The molecule has 3 atom stereocenters. The summed E-state index contributed by atoms with van der Waals surface area (Å²) in [6.07, 6.45) is 1.71. The zero-order chi connectivity index (χ0) is 16.6. The Labute approximate surface area is 135 Å². The zero-order valence-corrected chi connectivity index (χ0v) is 12.6. The van der Waals surface area contributed by atoms with Crippen molar-refractivity contribution in [3.05, 3.63) is 45.5 Å². The van der Waals surface area contributed by atoms with Crippen LogP contribution < -0.4 is 15.1 Å². The van der Waals surface area contributed by atoms with Crippen molar-refractivity contribution in [2.24, 2.45) is 0 Å². The van der Waals surface area contributed by atoms with E-state index >= 15 is 0 Å². The molecule has 1 aromatic carbocycles. The van der Waals surface area contributed by atoms with Crippen LogP contribution in [0.15, 0.2) is 27.6 Å². The van der Waals surface area contributed by atoms with Crippen LogP contribution >= 0.6 is 0 Å². The number of fused-ring (bicyclic) bond motifs is 7. The first kappa shape index (κ1) is 13.6. The monoisotopic (exact) mass is 328 g/mol. The van der Waals surface area contributed by atoms with Gasteiger partial charge in [0.25, 0.3) is 6.29 Å². The van der Waals surface area contributed by atoms with E-state index in [-0.39, 0.29) is 17.9 Å². The predicted octanol–water partition coefficient (Wildman–Crippen LogP) is 1.25. The lowest BCUT2D eigenvalue weighted by Gasteiger charge is -2.12. The highest BCUT2D eigenvalue weighted by atomic mass is 16.7. The van der Waals surface area contributed by atoms with Gasteiger partial charge in [-0.2, -0.15) is 0 Å². The van der Waals surface area contributed by atoms with Gasteiger partial charge in [0.05, 0.1) is 30.2 Å². The number of benzene rings is 1. The molecule has 0 amide bonds. The molecule has 0 fully saturated rings. The second-order valence-electron chi connectivity index (χ2n) is 6.00. The minimum atomic E-state index is -1.23. The van der Waals surface area contributed by atoms with Gasteiger partial charge in [-0.25, -0.2) is 4.79 Å². The number of ketones is 1. The topological polar surface area (TPSA) is 95.2 Å². The number of ether oxygens (including phenoxy) is 3. The molecular formula is C17H12O7. The SMILES string of the molecule is COc1cc2c(c3oc(=O)c4c(c13)CC(O)C4=O)[C@H]1C=CO[C@H]1O2. The van der Waals surface area contributed by atoms with Gasteiger partial charge in [-0.15, -0.1) is 0 Å². The summed E-state index contributed by atoms with van der Waals surface area (Å²) in [5, 5.41) is 10.4. The number of aliphatic hydroxyl groups is 1. The van der Waals surface area contributed by atoms with Crippen molar-refractivity contribution in [1.82, 2.24) is 0 Å². The fourth-order valence-electron chi connectivity index (χ4n) is 3.73. The lowest BCUT2D eigenvalue weighted by molar-refractivity contribution is -0.00485. The van der Waals surface area contributed by atoms with Crippen molar-refractivity contribution in [1.29, 1.82) is 0 Å². The Kier molecular flexibility index (Phi) is 2.49. The van der Waals surface area contributed by atoms with Crippen molar-refractivity contribution >= 4 is 16.8 Å². The minimum Gasteiger partial charge on any atom is -0.496 e. The summed E-state index contributed by atoms with van der Waals surface area (Å²) in [7, 11) is 1.48. The highest BCUT2D eigenvalue weighted by molar-refractivity contribution is 6.08. The van der Waals surface area contributed by atoms with Crippen LogP contribution in [0.1, 0.15) is 27.4 Å². The Balaban J connectivity index is 1.93. The lowest BCUT2D eigenvalue weighted by atomic mass is 9.95. The van der Waals surface area contributed by atoms with E-state index in [0.717, 1.165) is 0 Å². The van der Waals surface area contributed by atoms with Crippen molar-refractivity contribution < 1.29 is 28.5 Å². The van der Waals surface area contributed by atoms with Crippen LogP contribution in [0, 0.1) is 0 Å². The molecule has 5 rings (SSSR count). The predicted molar refractivity (Wildman–Crippen MR) is 80.5 cm³/mol. The summed E-state index contributed by atoms with van der Waals surface area (Å²) in [4.78, 5) is 24.4. The number of carbonyl (C=O) groups is 1. The fraction of sp³-hybridized carbons (Fsp3) is 0.294. The van der Waals surface area contributed by atoms with E-state index in [1.165, 1.54) is 7.11 Å². The molecule has 2 aromatic rings. The van der Waals surface area contributed by atoms with Crippen LogP contribution in [0.5, 0.6) is 11.5 Å². The fourth-order valence-corrected chi connectivity index (χ4v) is 3.73. The van der Waals surface area contributed by atoms with Crippen LogP contribution in [-0.4, -0.2) is 30.4 Å². The van der Waals surface area contributed by atoms with Crippen molar-refractivity contribution in [3.63, 3.8) is 0 Å². The van der Waals surface area contributed by atoms with E-state index in [2.05, 4.69) is 0 Å². The van der Waals surface area contributed by atoms with Gasteiger partial charge in [0, 0.05) is 12.5 Å². The van der Waals surface area contributed by atoms with E-state index in [4.69, 9.17) is 18.6 Å². The van der Waals surface area contributed by atoms with Crippen LogP contribution in [0.25, 0.3) is 11.0 Å². The van der Waals surface area contributed by atoms with Gasteiger partial charge in [0.1, 0.15) is 28.7 Å². The zero-order valence-electron chi connectivity index (χ0n) is 12.6. The molecule has 7 nitrogen and oxygen atoms in total. The minimum absolute atomic E-state index is 0.0622. The normalized spacial score (nSPS) is 26.1. The van der Waals surface area contributed by atoms with Gasteiger partial charge in [0.15, 0.2) is 5.78 Å². The number of aliphatic hydroxyl groups excluding tert-OH is 1. The average Bonchev–Trinajstić information content (AvgIpc) is 3.20. The largest absolute Gasteiger partial charge is 0.496 e. The third-order valence-electron chi connectivity index (χ3n) is 4.78. The third-order valence-corrected chi connectivity index (χ3v) is 4.78. The second kappa shape index (κ2) is 4.39. The van der Waals surface area contributed by atoms with E-state index < -0.39 is 23.8 Å². The van der Waals surface area contributed by atoms with Gasteiger partial charge < -0.3 is 23.7 Å². The summed E-state index contributed by atoms with van der Waals surface area (Å²) in [6, 6.07) is 1.70. The first-order valence-electron chi connectivity index (χ1n) is 7.51. The maximum Gasteiger partial charge on any atom is 0.347 e. The molecule has 0 bridgehead atoms. The number of hydrogen-bond acceptors (Lipinski definition) is 7. The van der Waals surface area contributed by atoms with Gasteiger partial charge >= 0.3 is 5.63 Å². The molecule has 0 spiro atoms. The van der Waals surface area contributed by atoms with Gasteiger partial charge in [-0.05, 0) is 11.6 Å². The molecule has 1 N–H and O–H groups in total. The Morgan fingerprint density at radius 2 is 2.17 bits per heavy atom. The van der Waals surface area contributed by atoms with E-state index in [1.807, 2.05) is 6.08 Å². The number of hydrogen-bond donors (Lipinski definition) is 1. The first-order chi connectivity index (χ1) is 11.6. The molecule has 1 aromatic heterocycles. The Bertz CT molecular complexity index is 1000. The molecule has 3 heterocycles. The van der Waals surface area contributed by atoms with E-state index in [9.17, 15) is 14.7 Å². The molecule has 24 heavy (non-hydrogen) atoms. The summed E-state index contributed by atoms with van der Waals surface area (Å²) in [5.74, 6) is 0.138. The smallest absolute Gasteiger partial charge is 0.347 e. The number of carbonyl (C=O) groups excluding carboxylic acids is 1. The molecule has 1 unspecified atom stereocenters. The Morgan fingerprint density at radius 3 is 2.96 bits per heavy atom. The highest BCUT2D eigenvalue weighted by Gasteiger charge is 2.43. The van der Waals surface area contributed by atoms with Gasteiger partial charge in [-0.1, -0.05) is 0 Å². The summed E-state index contributed by atoms with van der Waals surface area (Å²) in [6.45, 7) is 0. The summed E-state index contributed by atoms with van der Waals surface area (Å²) < 4.78 is 22.0. The van der Waals surface area contributed by atoms with Crippen LogP contribution in [0.4, 0.5) is 0 Å². The van der Waals surface area contributed by atoms with Crippen molar-refractivity contribution in [3.8, 4) is 11.5 Å². The van der Waals surface area contributed by atoms with Gasteiger partial charge in [-0.3, -0.25) is 4.79 Å². The molecule has 0 saturated heterocycles. The Hall–Kier alpha value is -2.80. The quantitative estimate of drug-likeness (QED) is 0.787. The maximum atomic E-state index is 12.3. The molecular weight excluding hydrogens is 316 g/mol. The van der Waals surface area contributed by atoms with E-state index in [1.54, 1.807) is 12.3 Å². The standard InChI is InChI=1S/C17H12O7/c1-21-9-5-10-11(6-2-3-22-17(6)23-10)15-12(9)7-4-8(18)14(19)13(7)16(20)24-15/h2-3,5-6,8,17-18H,4H2,1H3/t6-,8?,17+/m1/s1. The van der Waals surface area contributed by atoms with Crippen LogP contribution in [0.2, 0.25) is 0 Å². The van der Waals surface area contributed by atoms with Crippen molar-refractivity contribution in [2.75, 3.05) is 7.11 Å². The molecule has 7 heteroatoms. The molecule has 0 saturated carbocycles. The third kappa shape index (κ3) is 1.50. The summed E-state index contributed by atoms with van der Waals surface area (Å²) in [5.41, 5.74) is 0.628. The Morgan fingerprint density at radius 1 is 1.33 bits per heavy atom. The van der Waals surface area contributed by atoms with Crippen LogP contribution in [-0.2, 0) is 11.2 Å². The van der Waals surface area contributed by atoms with Gasteiger partial charge in [0.2, 0.25) is 0 Å². The second-order valence-corrected chi connectivity index (χ2v) is 6.00. The molecule has 3 aliphatic rings. The number of rotatable bonds is 1. The number of Topliss-reactive ketones (excluding diaryl/α,β-unsaturated/α-hetero) is 1. The van der Waals surface area contributed by atoms with Crippen LogP contribution in [0.3, 0.4) is 0 Å². The van der Waals surface area contributed by atoms with E-state index in [0.29, 0.717) is 33.6 Å². The summed E-state index contributed by atoms with van der Waals surface area (Å²) >= 11 is 0. The highest BCUT2D eigenvalue weighted by Crippen LogP contribution is 2.50. The van der Waals surface area contributed by atoms with Crippen molar-refractivity contribution in [2.45, 2.75) is 24.7 Å². The first-order valence-corrected chi connectivity index (χ1v) is 7.51.